The van der Waals surface area contributed by atoms with Crippen LogP contribution < -0.4 is 5.32 Å². The highest BCUT2D eigenvalue weighted by Crippen LogP contribution is 2.23. The van der Waals surface area contributed by atoms with E-state index in [0.29, 0.717) is 23.7 Å². The minimum absolute atomic E-state index is 0.0406. The van der Waals surface area contributed by atoms with E-state index in [2.05, 4.69) is 5.32 Å². The fourth-order valence-electron chi connectivity index (χ4n) is 2.63. The molecule has 1 aromatic carbocycles. The molecule has 0 radical (unpaired) electrons. The molecule has 0 saturated carbocycles. The quantitative estimate of drug-likeness (QED) is 0.813. The Bertz CT molecular complexity index is 662. The first kappa shape index (κ1) is 19.2. The molecule has 1 N–H and O–H groups in total. The highest BCUT2D eigenvalue weighted by molar-refractivity contribution is 6.31. The van der Waals surface area contributed by atoms with Crippen LogP contribution in [0, 0.1) is 6.92 Å². The van der Waals surface area contributed by atoms with Crippen molar-refractivity contribution in [2.75, 3.05) is 18.4 Å². The molecule has 0 spiro atoms. The molecule has 25 heavy (non-hydrogen) atoms. The normalized spacial score (nSPS) is 16.1. The highest BCUT2D eigenvalue weighted by atomic mass is 35.5. The summed E-state index contributed by atoms with van der Waals surface area (Å²) in [7, 11) is 0. The van der Waals surface area contributed by atoms with Gasteiger partial charge in [0, 0.05) is 23.7 Å². The number of nitrogens with zero attached hydrogens (tertiary/aromatic N) is 1. The molecular weight excluding hydrogens is 344 g/mol. The third kappa shape index (κ3) is 5.46. The number of benzene rings is 1. The van der Waals surface area contributed by atoms with Crippen molar-refractivity contribution in [3.63, 3.8) is 0 Å². The van der Waals surface area contributed by atoms with Gasteiger partial charge < -0.3 is 15.0 Å². The Labute approximate surface area is 152 Å². The van der Waals surface area contributed by atoms with E-state index >= 15 is 0 Å². The smallest absolute Gasteiger partial charge is 0.326 e. The molecule has 0 aliphatic carbocycles. The summed E-state index contributed by atoms with van der Waals surface area (Å²) in [5.41, 5.74) is 1.31. The molecule has 1 aromatic rings. The number of hydrogen-bond acceptors (Lipinski definition) is 4. The van der Waals surface area contributed by atoms with Crippen LogP contribution in [-0.2, 0) is 19.1 Å². The number of esters is 1. The van der Waals surface area contributed by atoms with E-state index in [1.807, 2.05) is 0 Å². The minimum atomic E-state index is -0.965. The highest BCUT2D eigenvalue weighted by Gasteiger charge is 2.23. The maximum absolute atomic E-state index is 12.2. The second-order valence-corrected chi connectivity index (χ2v) is 6.57. The SMILES string of the molecule is Cc1c(Cl)cccc1NC(=O)[C@H](C)OC(=O)CN1CCCCCC1=O. The van der Waals surface area contributed by atoms with Crippen molar-refractivity contribution in [3.05, 3.63) is 28.8 Å². The number of ether oxygens (including phenoxy) is 1. The van der Waals surface area contributed by atoms with Gasteiger partial charge in [0.15, 0.2) is 6.10 Å². The maximum atomic E-state index is 12.2. The molecule has 1 aliphatic rings. The second kappa shape index (κ2) is 8.85. The number of anilines is 1. The van der Waals surface area contributed by atoms with E-state index in [4.69, 9.17) is 16.3 Å². The van der Waals surface area contributed by atoms with E-state index in [1.165, 1.54) is 11.8 Å². The van der Waals surface area contributed by atoms with E-state index < -0.39 is 18.0 Å². The number of halogens is 1. The third-order valence-electron chi connectivity index (χ3n) is 4.19. The molecule has 2 rings (SSSR count). The van der Waals surface area contributed by atoms with Crippen molar-refractivity contribution in [2.45, 2.75) is 45.6 Å². The van der Waals surface area contributed by atoms with Gasteiger partial charge in [0.05, 0.1) is 0 Å². The van der Waals surface area contributed by atoms with Crippen molar-refractivity contribution in [2.24, 2.45) is 0 Å². The van der Waals surface area contributed by atoms with Crippen molar-refractivity contribution in [1.29, 1.82) is 0 Å². The van der Waals surface area contributed by atoms with Gasteiger partial charge in [-0.25, -0.2) is 0 Å². The summed E-state index contributed by atoms with van der Waals surface area (Å²) in [6.45, 7) is 3.72. The van der Waals surface area contributed by atoms with Gasteiger partial charge in [-0.15, -0.1) is 0 Å². The number of likely N-dealkylation sites (tertiary alicyclic amines) is 1. The molecule has 2 amide bonds. The van der Waals surface area contributed by atoms with Crippen LogP contribution in [0.4, 0.5) is 5.69 Å². The molecule has 0 aromatic heterocycles. The lowest BCUT2D eigenvalue weighted by molar-refractivity contribution is -0.156. The summed E-state index contributed by atoms with van der Waals surface area (Å²) in [6, 6.07) is 5.18. The first-order chi connectivity index (χ1) is 11.9. The number of nitrogens with one attached hydrogen (secondary N) is 1. The molecule has 136 valence electrons. The zero-order valence-corrected chi connectivity index (χ0v) is 15.3. The van der Waals surface area contributed by atoms with Crippen LogP contribution >= 0.6 is 11.6 Å². The van der Waals surface area contributed by atoms with Gasteiger partial charge in [-0.05, 0) is 44.4 Å². The molecule has 7 heteroatoms. The van der Waals surface area contributed by atoms with Crippen LogP contribution in [0.1, 0.15) is 38.2 Å². The number of amides is 2. The second-order valence-electron chi connectivity index (χ2n) is 6.16. The van der Waals surface area contributed by atoms with Crippen LogP contribution in [0.5, 0.6) is 0 Å². The van der Waals surface area contributed by atoms with E-state index in [1.54, 1.807) is 25.1 Å². The zero-order chi connectivity index (χ0) is 18.4. The number of hydrogen-bond donors (Lipinski definition) is 1. The van der Waals surface area contributed by atoms with Crippen molar-refractivity contribution < 1.29 is 19.1 Å². The van der Waals surface area contributed by atoms with Crippen LogP contribution in [0.3, 0.4) is 0 Å². The molecule has 1 heterocycles. The topological polar surface area (TPSA) is 75.7 Å². The standard InChI is InChI=1S/C18H23ClN2O4/c1-12-14(19)7-6-8-15(12)20-18(24)13(2)25-17(23)11-21-10-5-3-4-9-16(21)22/h6-8,13H,3-5,9-11H2,1-2H3,(H,20,24)/t13-/m0/s1. The summed E-state index contributed by atoms with van der Waals surface area (Å²) >= 11 is 6.02. The summed E-state index contributed by atoms with van der Waals surface area (Å²) in [4.78, 5) is 37.7. The Balaban J connectivity index is 1.88. The summed E-state index contributed by atoms with van der Waals surface area (Å²) in [6.07, 6.45) is 2.20. The molecule has 0 bridgehead atoms. The Kier molecular flexibility index (Phi) is 6.82. The van der Waals surface area contributed by atoms with Gasteiger partial charge in [-0.1, -0.05) is 24.1 Å². The van der Waals surface area contributed by atoms with Gasteiger partial charge in [0.1, 0.15) is 6.54 Å². The van der Waals surface area contributed by atoms with Crippen LogP contribution in [0.15, 0.2) is 18.2 Å². The Morgan fingerprint density at radius 2 is 2.08 bits per heavy atom. The van der Waals surface area contributed by atoms with Gasteiger partial charge in [0.2, 0.25) is 5.91 Å². The molecule has 0 unspecified atom stereocenters. The predicted molar refractivity (Wildman–Crippen MR) is 95.4 cm³/mol. The van der Waals surface area contributed by atoms with E-state index in [9.17, 15) is 14.4 Å². The lowest BCUT2D eigenvalue weighted by Gasteiger charge is -2.21. The minimum Gasteiger partial charge on any atom is -0.451 e. The third-order valence-corrected chi connectivity index (χ3v) is 4.60. The van der Waals surface area contributed by atoms with Crippen LogP contribution in [0.25, 0.3) is 0 Å². The summed E-state index contributed by atoms with van der Waals surface area (Å²) < 4.78 is 5.17. The van der Waals surface area contributed by atoms with Crippen molar-refractivity contribution in [3.8, 4) is 0 Å². The van der Waals surface area contributed by atoms with Crippen LogP contribution in [0.2, 0.25) is 5.02 Å². The van der Waals surface area contributed by atoms with Gasteiger partial charge in [0.25, 0.3) is 5.91 Å². The molecule has 1 aliphatic heterocycles. The number of carbonyl (C=O) groups is 3. The molecule has 1 fully saturated rings. The maximum Gasteiger partial charge on any atom is 0.326 e. The lowest BCUT2D eigenvalue weighted by Crippen LogP contribution is -2.38. The Hall–Kier alpha value is -2.08. The number of carbonyl (C=O) groups excluding carboxylic acids is 3. The average Bonchev–Trinajstić information content (AvgIpc) is 2.76. The molecule has 1 saturated heterocycles. The van der Waals surface area contributed by atoms with Gasteiger partial charge in [-0.3, -0.25) is 14.4 Å². The fraction of sp³-hybridized carbons (Fsp3) is 0.500. The largest absolute Gasteiger partial charge is 0.451 e. The predicted octanol–water partition coefficient (Wildman–Crippen LogP) is 2.92. The lowest BCUT2D eigenvalue weighted by atomic mass is 10.2. The molecular formula is C18H23ClN2O4. The van der Waals surface area contributed by atoms with Gasteiger partial charge >= 0.3 is 5.97 Å². The molecule has 6 nitrogen and oxygen atoms in total. The van der Waals surface area contributed by atoms with Gasteiger partial charge in [-0.2, -0.15) is 0 Å². The summed E-state index contributed by atoms with van der Waals surface area (Å²) in [5, 5.41) is 3.24. The first-order valence-electron chi connectivity index (χ1n) is 8.41. The fourth-order valence-corrected chi connectivity index (χ4v) is 2.80. The average molecular weight is 367 g/mol. The Morgan fingerprint density at radius 3 is 2.84 bits per heavy atom. The summed E-state index contributed by atoms with van der Waals surface area (Å²) in [5.74, 6) is -1.07. The van der Waals surface area contributed by atoms with E-state index in [0.717, 1.165) is 24.8 Å². The number of rotatable bonds is 5. The Morgan fingerprint density at radius 1 is 1.32 bits per heavy atom. The first-order valence-corrected chi connectivity index (χ1v) is 8.79. The van der Waals surface area contributed by atoms with Crippen molar-refractivity contribution >= 4 is 35.1 Å². The van der Waals surface area contributed by atoms with Crippen molar-refractivity contribution in [1.82, 2.24) is 4.90 Å². The zero-order valence-electron chi connectivity index (χ0n) is 14.5. The van der Waals surface area contributed by atoms with E-state index in [-0.39, 0.29) is 12.5 Å². The molecule has 1 atom stereocenters. The van der Waals surface area contributed by atoms with Crippen LogP contribution in [-0.4, -0.2) is 41.9 Å². The monoisotopic (exact) mass is 366 g/mol.